The van der Waals surface area contributed by atoms with E-state index in [0.717, 1.165) is 5.56 Å². The van der Waals surface area contributed by atoms with Gasteiger partial charge in [0, 0.05) is 5.56 Å². The van der Waals surface area contributed by atoms with Gasteiger partial charge in [-0.3, -0.25) is 5.32 Å². The van der Waals surface area contributed by atoms with Crippen LogP contribution in [0.3, 0.4) is 0 Å². The summed E-state index contributed by atoms with van der Waals surface area (Å²) in [5, 5.41) is 2.56. The fraction of sp³-hybridized carbons (Fsp3) is 0.300. The summed E-state index contributed by atoms with van der Waals surface area (Å²) >= 11 is 5.77. The van der Waals surface area contributed by atoms with Gasteiger partial charge in [0.25, 0.3) is 0 Å². The Hall–Kier alpha value is -1.42. The Balaban J connectivity index is 3.00. The van der Waals surface area contributed by atoms with Crippen LogP contribution in [-0.2, 0) is 10.6 Å². The van der Waals surface area contributed by atoms with E-state index in [1.54, 1.807) is 25.3 Å². The van der Waals surface area contributed by atoms with Gasteiger partial charge in [0.2, 0.25) is 0 Å². The molecule has 0 fully saturated rings. The number of hydrogen-bond acceptors (Lipinski definition) is 3. The minimum absolute atomic E-state index is 0.253. The minimum atomic E-state index is -0.533. The third kappa shape index (κ3) is 2.76. The van der Waals surface area contributed by atoms with Crippen LogP contribution in [0.4, 0.5) is 10.5 Å². The van der Waals surface area contributed by atoms with Gasteiger partial charge in [-0.15, -0.1) is 11.6 Å². The van der Waals surface area contributed by atoms with E-state index in [9.17, 15) is 4.79 Å². The molecule has 15 heavy (non-hydrogen) atoms. The van der Waals surface area contributed by atoms with Gasteiger partial charge in [-0.2, -0.15) is 0 Å². The van der Waals surface area contributed by atoms with E-state index in [4.69, 9.17) is 16.3 Å². The first-order valence-corrected chi connectivity index (χ1v) is 4.83. The van der Waals surface area contributed by atoms with Gasteiger partial charge in [-0.25, -0.2) is 4.79 Å². The molecule has 0 radical (unpaired) electrons. The average molecular weight is 230 g/mol. The van der Waals surface area contributed by atoms with E-state index in [1.807, 2.05) is 0 Å². The third-order valence-corrected chi connectivity index (χ3v) is 2.18. The first kappa shape index (κ1) is 11.7. The van der Waals surface area contributed by atoms with Gasteiger partial charge >= 0.3 is 6.09 Å². The molecule has 0 saturated heterocycles. The normalized spacial score (nSPS) is 9.53. The van der Waals surface area contributed by atoms with Crippen molar-refractivity contribution in [2.45, 2.75) is 5.88 Å². The number of rotatable bonds is 3. The Bertz CT molecular complexity index is 355. The monoisotopic (exact) mass is 229 g/mol. The van der Waals surface area contributed by atoms with E-state index >= 15 is 0 Å². The molecule has 0 aliphatic carbocycles. The molecule has 5 heteroatoms. The van der Waals surface area contributed by atoms with Gasteiger partial charge in [0.15, 0.2) is 0 Å². The fourth-order valence-corrected chi connectivity index (χ4v) is 1.45. The van der Waals surface area contributed by atoms with Crippen LogP contribution in [0.1, 0.15) is 5.56 Å². The lowest BCUT2D eigenvalue weighted by Gasteiger charge is -2.11. The number of ether oxygens (including phenoxy) is 2. The zero-order valence-electron chi connectivity index (χ0n) is 8.54. The van der Waals surface area contributed by atoms with E-state index in [1.165, 1.54) is 7.11 Å². The van der Waals surface area contributed by atoms with Crippen LogP contribution in [0, 0.1) is 0 Å². The van der Waals surface area contributed by atoms with Crippen molar-refractivity contribution in [2.75, 3.05) is 19.5 Å². The average Bonchev–Trinajstić information content (AvgIpc) is 2.28. The lowest BCUT2D eigenvalue weighted by molar-refractivity contribution is 0.187. The summed E-state index contributed by atoms with van der Waals surface area (Å²) < 4.78 is 9.61. The number of halogens is 1. The van der Waals surface area contributed by atoms with Gasteiger partial charge in [-0.1, -0.05) is 6.07 Å². The Morgan fingerprint density at radius 1 is 1.47 bits per heavy atom. The van der Waals surface area contributed by atoms with Crippen LogP contribution in [0.25, 0.3) is 0 Å². The molecule has 1 aromatic carbocycles. The molecule has 0 aromatic heterocycles. The van der Waals surface area contributed by atoms with Crippen LogP contribution in [0.2, 0.25) is 0 Å². The fourth-order valence-electron chi connectivity index (χ4n) is 1.17. The second-order valence-electron chi connectivity index (χ2n) is 2.74. The number of hydrogen-bond donors (Lipinski definition) is 1. The smallest absolute Gasteiger partial charge is 0.411 e. The minimum Gasteiger partial charge on any atom is -0.496 e. The molecule has 0 atom stereocenters. The standard InChI is InChI=1S/C10H12ClNO3/c1-14-9-5-3-4-8(7(9)6-11)12-10(13)15-2/h3-5H,6H2,1-2H3,(H,12,13). The lowest BCUT2D eigenvalue weighted by atomic mass is 10.2. The SMILES string of the molecule is COC(=O)Nc1cccc(OC)c1CCl. The molecule has 0 aliphatic heterocycles. The van der Waals surface area contributed by atoms with E-state index in [-0.39, 0.29) is 5.88 Å². The number of nitrogens with one attached hydrogen (secondary N) is 1. The van der Waals surface area contributed by atoms with E-state index in [0.29, 0.717) is 11.4 Å². The van der Waals surface area contributed by atoms with Gasteiger partial charge in [0.1, 0.15) is 5.75 Å². The molecule has 1 aromatic rings. The summed E-state index contributed by atoms with van der Waals surface area (Å²) in [6.45, 7) is 0. The van der Waals surface area contributed by atoms with Gasteiger partial charge in [0.05, 0.1) is 25.8 Å². The van der Waals surface area contributed by atoms with Crippen molar-refractivity contribution < 1.29 is 14.3 Å². The summed E-state index contributed by atoms with van der Waals surface area (Å²) in [6, 6.07) is 5.28. The molecule has 1 N–H and O–H groups in total. The van der Waals surface area contributed by atoms with Crippen LogP contribution in [0.5, 0.6) is 5.75 Å². The number of carbonyl (C=O) groups excluding carboxylic acids is 1. The molecule has 0 heterocycles. The number of anilines is 1. The lowest BCUT2D eigenvalue weighted by Crippen LogP contribution is -2.12. The highest BCUT2D eigenvalue weighted by Gasteiger charge is 2.10. The zero-order valence-corrected chi connectivity index (χ0v) is 9.30. The second-order valence-corrected chi connectivity index (χ2v) is 3.00. The first-order valence-electron chi connectivity index (χ1n) is 4.29. The van der Waals surface area contributed by atoms with Crippen LogP contribution < -0.4 is 10.1 Å². The quantitative estimate of drug-likeness (QED) is 0.811. The Labute approximate surface area is 93.1 Å². The first-order chi connectivity index (χ1) is 7.22. The number of methoxy groups -OCH3 is 2. The van der Waals surface area contributed by atoms with Gasteiger partial charge < -0.3 is 9.47 Å². The van der Waals surface area contributed by atoms with Crippen molar-refractivity contribution in [2.24, 2.45) is 0 Å². The van der Waals surface area contributed by atoms with Crippen molar-refractivity contribution in [1.82, 2.24) is 0 Å². The van der Waals surface area contributed by atoms with Crippen molar-refractivity contribution >= 4 is 23.4 Å². The van der Waals surface area contributed by atoms with Crippen molar-refractivity contribution in [3.63, 3.8) is 0 Å². The maximum absolute atomic E-state index is 11.0. The predicted molar refractivity (Wildman–Crippen MR) is 58.6 cm³/mol. The number of alkyl halides is 1. The molecule has 0 aliphatic rings. The summed E-state index contributed by atoms with van der Waals surface area (Å²) in [5.41, 5.74) is 1.32. The maximum Gasteiger partial charge on any atom is 0.411 e. The van der Waals surface area contributed by atoms with Crippen molar-refractivity contribution in [3.8, 4) is 5.75 Å². The molecular formula is C10H12ClNO3. The topological polar surface area (TPSA) is 47.6 Å². The number of benzene rings is 1. The molecule has 1 amide bonds. The maximum atomic E-state index is 11.0. The summed E-state index contributed by atoms with van der Waals surface area (Å²) in [5.74, 6) is 0.891. The van der Waals surface area contributed by atoms with E-state index < -0.39 is 6.09 Å². The predicted octanol–water partition coefficient (Wildman–Crippen LogP) is 2.61. The van der Waals surface area contributed by atoms with Crippen LogP contribution in [-0.4, -0.2) is 20.3 Å². The summed E-state index contributed by atoms with van der Waals surface area (Å²) in [4.78, 5) is 11.0. The molecule has 0 saturated carbocycles. The summed E-state index contributed by atoms with van der Waals surface area (Å²) in [7, 11) is 2.85. The van der Waals surface area contributed by atoms with Crippen molar-refractivity contribution in [3.05, 3.63) is 23.8 Å². The molecular weight excluding hydrogens is 218 g/mol. The van der Waals surface area contributed by atoms with Gasteiger partial charge in [-0.05, 0) is 12.1 Å². The molecule has 82 valence electrons. The molecule has 4 nitrogen and oxygen atoms in total. The molecule has 0 bridgehead atoms. The second kappa shape index (κ2) is 5.46. The third-order valence-electron chi connectivity index (χ3n) is 1.91. The van der Waals surface area contributed by atoms with Crippen LogP contribution in [0.15, 0.2) is 18.2 Å². The Kier molecular flexibility index (Phi) is 4.24. The Morgan fingerprint density at radius 3 is 2.73 bits per heavy atom. The van der Waals surface area contributed by atoms with Crippen molar-refractivity contribution in [1.29, 1.82) is 0 Å². The Morgan fingerprint density at radius 2 is 2.20 bits per heavy atom. The summed E-state index contributed by atoms with van der Waals surface area (Å²) in [6.07, 6.45) is -0.533. The molecule has 0 unspecified atom stereocenters. The highest BCUT2D eigenvalue weighted by Crippen LogP contribution is 2.27. The number of amides is 1. The van der Waals surface area contributed by atoms with E-state index in [2.05, 4.69) is 10.1 Å². The highest BCUT2D eigenvalue weighted by molar-refractivity contribution is 6.17. The zero-order chi connectivity index (χ0) is 11.3. The largest absolute Gasteiger partial charge is 0.496 e. The molecule has 0 spiro atoms. The highest BCUT2D eigenvalue weighted by atomic mass is 35.5. The molecule has 1 rings (SSSR count). The number of carbonyl (C=O) groups is 1. The van der Waals surface area contributed by atoms with Crippen LogP contribution >= 0.6 is 11.6 Å².